The van der Waals surface area contributed by atoms with E-state index in [2.05, 4.69) is 6.92 Å². The molecular formula is C13H20O3. The monoisotopic (exact) mass is 224 g/mol. The molecule has 3 aliphatic rings. The molecule has 0 aromatic heterocycles. The molecule has 1 aliphatic heterocycles. The Hall–Kier alpha value is -0.410. The van der Waals surface area contributed by atoms with Crippen molar-refractivity contribution in [3.8, 4) is 0 Å². The van der Waals surface area contributed by atoms with Crippen molar-refractivity contribution in [1.29, 1.82) is 0 Å². The topological polar surface area (TPSA) is 35.5 Å². The smallest absolute Gasteiger partial charge is 0.180 e. The summed E-state index contributed by atoms with van der Waals surface area (Å²) in [4.78, 5) is 12.6. The van der Waals surface area contributed by atoms with Crippen molar-refractivity contribution in [3.63, 3.8) is 0 Å². The molecular weight excluding hydrogens is 204 g/mol. The van der Waals surface area contributed by atoms with E-state index in [1.54, 1.807) is 0 Å². The van der Waals surface area contributed by atoms with Gasteiger partial charge in [-0.15, -0.1) is 0 Å². The van der Waals surface area contributed by atoms with E-state index in [4.69, 9.17) is 9.47 Å². The van der Waals surface area contributed by atoms with Crippen LogP contribution in [0.15, 0.2) is 0 Å². The molecule has 2 atom stereocenters. The number of carbonyl (C=O) groups is 1. The van der Waals surface area contributed by atoms with Crippen LogP contribution in [0, 0.1) is 11.3 Å². The Morgan fingerprint density at radius 1 is 1.12 bits per heavy atom. The molecule has 0 amide bonds. The van der Waals surface area contributed by atoms with Crippen LogP contribution >= 0.6 is 0 Å². The van der Waals surface area contributed by atoms with Crippen molar-refractivity contribution in [2.45, 2.75) is 51.2 Å². The zero-order valence-corrected chi connectivity index (χ0v) is 9.96. The van der Waals surface area contributed by atoms with E-state index in [9.17, 15) is 4.79 Å². The van der Waals surface area contributed by atoms with E-state index in [1.165, 1.54) is 0 Å². The van der Waals surface area contributed by atoms with Crippen molar-refractivity contribution in [2.24, 2.45) is 11.3 Å². The SMILES string of the molecule is C[C@H]1CCC[C@]2(CCCC23OCCO3)C1=O. The lowest BCUT2D eigenvalue weighted by molar-refractivity contribution is -0.226. The lowest BCUT2D eigenvalue weighted by atomic mass is 9.65. The van der Waals surface area contributed by atoms with Gasteiger partial charge >= 0.3 is 0 Å². The Bertz CT molecular complexity index is 301. The molecule has 3 heteroatoms. The third-order valence-corrected chi connectivity index (χ3v) is 4.75. The molecule has 0 aromatic carbocycles. The van der Waals surface area contributed by atoms with Crippen molar-refractivity contribution in [1.82, 2.24) is 0 Å². The summed E-state index contributed by atoms with van der Waals surface area (Å²) in [7, 11) is 0. The number of hydrogen-bond acceptors (Lipinski definition) is 3. The lowest BCUT2D eigenvalue weighted by Gasteiger charge is -2.44. The summed E-state index contributed by atoms with van der Waals surface area (Å²) in [6, 6.07) is 0. The second kappa shape index (κ2) is 3.54. The summed E-state index contributed by atoms with van der Waals surface area (Å²) in [6.45, 7) is 3.37. The zero-order valence-electron chi connectivity index (χ0n) is 9.96. The third kappa shape index (κ3) is 1.19. The highest BCUT2D eigenvalue weighted by Gasteiger charge is 2.63. The molecule has 0 N–H and O–H groups in total. The first-order valence-corrected chi connectivity index (χ1v) is 6.52. The molecule has 1 heterocycles. The maximum atomic E-state index is 12.6. The normalized spacial score (nSPS) is 42.3. The summed E-state index contributed by atoms with van der Waals surface area (Å²) in [5.74, 6) is 0.0494. The van der Waals surface area contributed by atoms with Gasteiger partial charge < -0.3 is 9.47 Å². The van der Waals surface area contributed by atoms with E-state index < -0.39 is 5.79 Å². The highest BCUT2D eigenvalue weighted by atomic mass is 16.7. The summed E-state index contributed by atoms with van der Waals surface area (Å²) in [5.41, 5.74) is -0.304. The van der Waals surface area contributed by atoms with Crippen LogP contribution in [-0.4, -0.2) is 24.8 Å². The van der Waals surface area contributed by atoms with Gasteiger partial charge in [0.15, 0.2) is 5.79 Å². The fourth-order valence-corrected chi connectivity index (χ4v) is 3.99. The van der Waals surface area contributed by atoms with Gasteiger partial charge in [-0.1, -0.05) is 13.3 Å². The quantitative estimate of drug-likeness (QED) is 0.633. The molecule has 2 spiro atoms. The molecule has 3 rings (SSSR count). The molecule has 16 heavy (non-hydrogen) atoms. The van der Waals surface area contributed by atoms with Gasteiger partial charge in [0.05, 0.1) is 18.6 Å². The fourth-order valence-electron chi connectivity index (χ4n) is 3.99. The molecule has 0 bridgehead atoms. The van der Waals surface area contributed by atoms with Gasteiger partial charge in [-0.3, -0.25) is 4.79 Å². The van der Waals surface area contributed by atoms with E-state index in [0.717, 1.165) is 38.5 Å². The number of ketones is 1. The van der Waals surface area contributed by atoms with Crippen molar-refractivity contribution in [2.75, 3.05) is 13.2 Å². The maximum Gasteiger partial charge on any atom is 0.180 e. The summed E-state index contributed by atoms with van der Waals surface area (Å²) < 4.78 is 11.7. The van der Waals surface area contributed by atoms with Gasteiger partial charge in [-0.25, -0.2) is 0 Å². The van der Waals surface area contributed by atoms with Crippen molar-refractivity contribution < 1.29 is 14.3 Å². The molecule has 1 saturated heterocycles. The third-order valence-electron chi connectivity index (χ3n) is 4.75. The molecule has 0 aromatic rings. The Labute approximate surface area is 96.5 Å². The van der Waals surface area contributed by atoms with Crippen LogP contribution in [0.3, 0.4) is 0 Å². The highest BCUT2D eigenvalue weighted by molar-refractivity contribution is 5.89. The number of Topliss-reactive ketones (excluding diaryl/α,β-unsaturated/α-hetero) is 1. The minimum absolute atomic E-state index is 0.191. The second-order valence-electron chi connectivity index (χ2n) is 5.54. The Balaban J connectivity index is 1.98. The lowest BCUT2D eigenvalue weighted by Crippen LogP contribution is -2.53. The molecule has 3 nitrogen and oxygen atoms in total. The minimum atomic E-state index is -0.543. The number of rotatable bonds is 0. The van der Waals surface area contributed by atoms with Gasteiger partial charge in [0.1, 0.15) is 5.78 Å². The van der Waals surface area contributed by atoms with Crippen LogP contribution in [0.2, 0.25) is 0 Å². The largest absolute Gasteiger partial charge is 0.346 e. The first-order chi connectivity index (χ1) is 7.70. The first-order valence-electron chi connectivity index (χ1n) is 6.52. The van der Waals surface area contributed by atoms with Gasteiger partial charge in [0, 0.05) is 12.3 Å². The zero-order chi connectivity index (χ0) is 11.2. The van der Waals surface area contributed by atoms with E-state index in [1.807, 2.05) is 0 Å². The van der Waals surface area contributed by atoms with Gasteiger partial charge in [-0.2, -0.15) is 0 Å². The van der Waals surface area contributed by atoms with E-state index in [-0.39, 0.29) is 11.3 Å². The van der Waals surface area contributed by atoms with Crippen LogP contribution in [0.5, 0.6) is 0 Å². The van der Waals surface area contributed by atoms with Crippen LogP contribution in [-0.2, 0) is 14.3 Å². The molecule has 2 aliphatic carbocycles. The first kappa shape index (κ1) is 10.7. The Morgan fingerprint density at radius 3 is 2.56 bits per heavy atom. The molecule has 0 radical (unpaired) electrons. The summed E-state index contributed by atoms with van der Waals surface area (Å²) in [6.07, 6.45) is 6.09. The Kier molecular flexibility index (Phi) is 2.37. The summed E-state index contributed by atoms with van der Waals surface area (Å²) >= 11 is 0. The standard InChI is InChI=1S/C13H20O3/c1-10-4-2-5-12(11(10)14)6-3-7-13(12)15-8-9-16-13/h10H,2-9H2,1H3/t10-,12-/m0/s1. The predicted molar refractivity (Wildman–Crippen MR) is 58.9 cm³/mol. The van der Waals surface area contributed by atoms with Gasteiger partial charge in [-0.05, 0) is 25.7 Å². The van der Waals surface area contributed by atoms with Crippen LogP contribution in [0.1, 0.15) is 45.4 Å². The van der Waals surface area contributed by atoms with Crippen LogP contribution in [0.4, 0.5) is 0 Å². The molecule has 3 fully saturated rings. The minimum Gasteiger partial charge on any atom is -0.346 e. The number of fused-ring (bicyclic) bond motifs is 1. The molecule has 2 saturated carbocycles. The highest BCUT2D eigenvalue weighted by Crippen LogP contribution is 2.57. The van der Waals surface area contributed by atoms with E-state index >= 15 is 0 Å². The summed E-state index contributed by atoms with van der Waals surface area (Å²) in [5, 5.41) is 0. The van der Waals surface area contributed by atoms with Crippen molar-refractivity contribution in [3.05, 3.63) is 0 Å². The average molecular weight is 224 g/mol. The van der Waals surface area contributed by atoms with Gasteiger partial charge in [0.25, 0.3) is 0 Å². The van der Waals surface area contributed by atoms with Gasteiger partial charge in [0.2, 0.25) is 0 Å². The number of hydrogen-bond donors (Lipinski definition) is 0. The number of ether oxygens (including phenoxy) is 2. The second-order valence-corrected chi connectivity index (χ2v) is 5.54. The molecule has 0 unspecified atom stereocenters. The van der Waals surface area contributed by atoms with Crippen LogP contribution in [0.25, 0.3) is 0 Å². The number of carbonyl (C=O) groups excluding carboxylic acids is 1. The van der Waals surface area contributed by atoms with Crippen molar-refractivity contribution >= 4 is 5.78 Å². The maximum absolute atomic E-state index is 12.6. The predicted octanol–water partition coefficient (Wildman–Crippen LogP) is 2.29. The average Bonchev–Trinajstić information content (AvgIpc) is 2.87. The Morgan fingerprint density at radius 2 is 1.81 bits per heavy atom. The fraction of sp³-hybridized carbons (Fsp3) is 0.923. The van der Waals surface area contributed by atoms with E-state index in [0.29, 0.717) is 19.0 Å². The van der Waals surface area contributed by atoms with Crippen LogP contribution < -0.4 is 0 Å². The molecule has 90 valence electrons.